The number of aryl methyl sites for hydroxylation is 1. The highest BCUT2D eigenvalue weighted by atomic mass is 35.5. The highest BCUT2D eigenvalue weighted by Gasteiger charge is 2.23. The molecule has 0 saturated carbocycles. The van der Waals surface area contributed by atoms with Gasteiger partial charge in [0.05, 0.1) is 0 Å². The topological polar surface area (TPSA) is 39.3 Å². The third kappa shape index (κ3) is 3.22. The number of piperazine rings is 1. The fraction of sp³-hybridized carbons (Fsp3) is 0.250. The van der Waals surface area contributed by atoms with Gasteiger partial charge in [-0.2, -0.15) is 0 Å². The molecule has 128 valence electrons. The van der Waals surface area contributed by atoms with Crippen molar-refractivity contribution in [2.24, 2.45) is 0 Å². The molecular weight excluding hydrogens is 334 g/mol. The number of anilines is 1. The molecule has 1 aliphatic heterocycles. The van der Waals surface area contributed by atoms with Crippen LogP contribution in [0.25, 0.3) is 10.9 Å². The molecule has 0 aliphatic carbocycles. The summed E-state index contributed by atoms with van der Waals surface area (Å²) in [5, 5.41) is 1.64. The Morgan fingerprint density at radius 1 is 1.00 bits per heavy atom. The van der Waals surface area contributed by atoms with Crippen LogP contribution in [0, 0.1) is 6.92 Å². The predicted octanol–water partition coefficient (Wildman–Crippen LogP) is 4.09. The van der Waals surface area contributed by atoms with Crippen molar-refractivity contribution in [3.8, 4) is 0 Å². The normalized spacial score (nSPS) is 15.0. The Morgan fingerprint density at radius 3 is 2.44 bits per heavy atom. The van der Waals surface area contributed by atoms with Crippen LogP contribution in [0.4, 0.5) is 5.69 Å². The van der Waals surface area contributed by atoms with Gasteiger partial charge in [0, 0.05) is 47.8 Å². The van der Waals surface area contributed by atoms with Crippen LogP contribution < -0.4 is 4.90 Å². The van der Waals surface area contributed by atoms with Crippen molar-refractivity contribution in [2.45, 2.75) is 6.92 Å². The van der Waals surface area contributed by atoms with E-state index < -0.39 is 0 Å². The van der Waals surface area contributed by atoms with E-state index in [1.807, 2.05) is 29.2 Å². The molecule has 1 aromatic heterocycles. The van der Waals surface area contributed by atoms with Crippen LogP contribution in [0.2, 0.25) is 5.02 Å². The molecule has 1 saturated heterocycles. The van der Waals surface area contributed by atoms with E-state index in [0.717, 1.165) is 37.1 Å². The molecule has 2 aromatic carbocycles. The number of amides is 1. The number of nitrogens with one attached hydrogen (secondary N) is 1. The summed E-state index contributed by atoms with van der Waals surface area (Å²) in [6.07, 6.45) is 0. The van der Waals surface area contributed by atoms with E-state index >= 15 is 0 Å². The van der Waals surface area contributed by atoms with E-state index in [9.17, 15) is 4.79 Å². The number of benzene rings is 2. The van der Waals surface area contributed by atoms with Gasteiger partial charge in [0.2, 0.25) is 0 Å². The zero-order chi connectivity index (χ0) is 17.4. The molecule has 3 aromatic rings. The molecule has 0 atom stereocenters. The molecule has 25 heavy (non-hydrogen) atoms. The van der Waals surface area contributed by atoms with Crippen LogP contribution in [0.5, 0.6) is 0 Å². The summed E-state index contributed by atoms with van der Waals surface area (Å²) in [6.45, 7) is 5.24. The van der Waals surface area contributed by atoms with Gasteiger partial charge < -0.3 is 14.8 Å². The van der Waals surface area contributed by atoms with Crippen molar-refractivity contribution in [3.63, 3.8) is 0 Å². The minimum atomic E-state index is 0.0517. The Balaban J connectivity index is 1.46. The van der Waals surface area contributed by atoms with Gasteiger partial charge in [-0.15, -0.1) is 0 Å². The maximum absolute atomic E-state index is 12.8. The number of hydrogen-bond acceptors (Lipinski definition) is 2. The SMILES string of the molecule is Cc1ccc(N2CCN(C(=O)c3cc4cc(Cl)ccc4[nH]3)CC2)cc1. The minimum absolute atomic E-state index is 0.0517. The number of hydrogen-bond donors (Lipinski definition) is 1. The first-order valence-corrected chi connectivity index (χ1v) is 8.87. The number of carbonyl (C=O) groups excluding carboxylic acids is 1. The lowest BCUT2D eigenvalue weighted by atomic mass is 10.2. The van der Waals surface area contributed by atoms with Crippen LogP contribution in [-0.4, -0.2) is 42.0 Å². The first-order valence-electron chi connectivity index (χ1n) is 8.49. The van der Waals surface area contributed by atoms with Crippen molar-refractivity contribution in [3.05, 3.63) is 64.8 Å². The number of H-pyrrole nitrogens is 1. The molecule has 1 fully saturated rings. The third-order valence-corrected chi connectivity index (χ3v) is 5.01. The van der Waals surface area contributed by atoms with Gasteiger partial charge in [0.25, 0.3) is 5.91 Å². The van der Waals surface area contributed by atoms with E-state index in [4.69, 9.17) is 11.6 Å². The summed E-state index contributed by atoms with van der Waals surface area (Å²) >= 11 is 6.03. The number of aromatic nitrogens is 1. The van der Waals surface area contributed by atoms with E-state index in [1.165, 1.54) is 11.3 Å². The van der Waals surface area contributed by atoms with Gasteiger partial charge in [-0.25, -0.2) is 0 Å². The monoisotopic (exact) mass is 353 g/mol. The number of halogens is 1. The van der Waals surface area contributed by atoms with Gasteiger partial charge >= 0.3 is 0 Å². The molecule has 1 amide bonds. The first kappa shape index (κ1) is 16.0. The van der Waals surface area contributed by atoms with Crippen molar-refractivity contribution in [1.82, 2.24) is 9.88 Å². The molecule has 0 bridgehead atoms. The highest BCUT2D eigenvalue weighted by molar-refractivity contribution is 6.31. The molecule has 2 heterocycles. The van der Waals surface area contributed by atoms with Gasteiger partial charge in [0.1, 0.15) is 5.69 Å². The fourth-order valence-corrected chi connectivity index (χ4v) is 3.49. The van der Waals surface area contributed by atoms with Gasteiger partial charge in [-0.1, -0.05) is 29.3 Å². The van der Waals surface area contributed by atoms with Crippen LogP contribution in [0.1, 0.15) is 16.1 Å². The van der Waals surface area contributed by atoms with Crippen molar-refractivity contribution in [1.29, 1.82) is 0 Å². The Labute approximate surface area is 152 Å². The summed E-state index contributed by atoms with van der Waals surface area (Å²) in [7, 11) is 0. The highest BCUT2D eigenvalue weighted by Crippen LogP contribution is 2.22. The van der Waals surface area contributed by atoms with E-state index in [1.54, 1.807) is 0 Å². The molecule has 4 rings (SSSR count). The molecule has 1 aliphatic rings. The van der Waals surface area contributed by atoms with Crippen LogP contribution in [-0.2, 0) is 0 Å². The zero-order valence-corrected chi connectivity index (χ0v) is 14.9. The quantitative estimate of drug-likeness (QED) is 0.753. The Morgan fingerprint density at radius 2 is 1.72 bits per heavy atom. The maximum Gasteiger partial charge on any atom is 0.270 e. The lowest BCUT2D eigenvalue weighted by molar-refractivity contribution is 0.0742. The third-order valence-electron chi connectivity index (χ3n) is 4.78. The lowest BCUT2D eigenvalue weighted by Gasteiger charge is -2.36. The molecule has 0 radical (unpaired) electrons. The number of carbonyl (C=O) groups is 1. The Bertz CT molecular complexity index is 908. The molecule has 0 spiro atoms. The lowest BCUT2D eigenvalue weighted by Crippen LogP contribution is -2.48. The second kappa shape index (κ2) is 6.45. The molecule has 4 nitrogen and oxygen atoms in total. The minimum Gasteiger partial charge on any atom is -0.368 e. The zero-order valence-electron chi connectivity index (χ0n) is 14.1. The molecule has 1 N–H and O–H groups in total. The summed E-state index contributed by atoms with van der Waals surface area (Å²) in [4.78, 5) is 20.2. The Kier molecular flexibility index (Phi) is 4.14. The van der Waals surface area contributed by atoms with Crippen LogP contribution >= 0.6 is 11.6 Å². The van der Waals surface area contributed by atoms with E-state index in [0.29, 0.717) is 10.7 Å². The molecular formula is C20H20ClN3O. The molecule has 5 heteroatoms. The van der Waals surface area contributed by atoms with Crippen LogP contribution in [0.3, 0.4) is 0 Å². The predicted molar refractivity (Wildman–Crippen MR) is 103 cm³/mol. The van der Waals surface area contributed by atoms with E-state index in [-0.39, 0.29) is 5.91 Å². The summed E-state index contributed by atoms with van der Waals surface area (Å²) in [6, 6.07) is 16.0. The summed E-state index contributed by atoms with van der Waals surface area (Å²) < 4.78 is 0. The van der Waals surface area contributed by atoms with E-state index in [2.05, 4.69) is 41.1 Å². The maximum atomic E-state index is 12.8. The van der Waals surface area contributed by atoms with Crippen molar-refractivity contribution in [2.75, 3.05) is 31.1 Å². The number of aromatic amines is 1. The second-order valence-electron chi connectivity index (χ2n) is 6.53. The smallest absolute Gasteiger partial charge is 0.270 e. The average Bonchev–Trinajstić information content (AvgIpc) is 3.05. The largest absolute Gasteiger partial charge is 0.368 e. The van der Waals surface area contributed by atoms with Gasteiger partial charge in [-0.05, 0) is 43.3 Å². The van der Waals surface area contributed by atoms with Crippen molar-refractivity contribution < 1.29 is 4.79 Å². The number of nitrogens with zero attached hydrogens (tertiary/aromatic N) is 2. The standard InChI is InChI=1S/C20H20ClN3O/c1-14-2-5-17(6-3-14)23-8-10-24(11-9-23)20(25)19-13-15-12-16(21)4-7-18(15)22-19/h2-7,12-13,22H,8-11H2,1H3. The Hall–Kier alpha value is -2.46. The summed E-state index contributed by atoms with van der Waals surface area (Å²) in [5.41, 5.74) is 4.04. The first-order chi connectivity index (χ1) is 12.1. The summed E-state index contributed by atoms with van der Waals surface area (Å²) in [5.74, 6) is 0.0517. The van der Waals surface area contributed by atoms with Crippen molar-refractivity contribution >= 4 is 34.1 Å². The number of fused-ring (bicyclic) bond motifs is 1. The average molecular weight is 354 g/mol. The molecule has 0 unspecified atom stereocenters. The van der Waals surface area contributed by atoms with Gasteiger partial charge in [-0.3, -0.25) is 4.79 Å². The second-order valence-corrected chi connectivity index (χ2v) is 6.97. The van der Waals surface area contributed by atoms with Crippen LogP contribution in [0.15, 0.2) is 48.5 Å². The fourth-order valence-electron chi connectivity index (χ4n) is 3.31. The number of rotatable bonds is 2. The van der Waals surface area contributed by atoms with Gasteiger partial charge in [0.15, 0.2) is 0 Å².